The number of carboxylic acid groups (broad SMARTS) is 1. The van der Waals surface area contributed by atoms with Crippen LogP contribution >= 0.6 is 11.3 Å². The third-order valence-electron chi connectivity index (χ3n) is 6.40. The minimum Gasteiger partial charge on any atom is -0.478 e. The van der Waals surface area contributed by atoms with Crippen LogP contribution in [0.5, 0.6) is 11.5 Å². The van der Waals surface area contributed by atoms with Gasteiger partial charge in [-0.15, -0.1) is 11.3 Å². The Morgan fingerprint density at radius 3 is 2.49 bits per heavy atom. The number of fused-ring (bicyclic) bond motifs is 1. The molecule has 0 radical (unpaired) electrons. The van der Waals surface area contributed by atoms with E-state index in [-0.39, 0.29) is 29.9 Å². The molecule has 0 saturated heterocycles. The number of Topliss-reactive ketones (excluding diaryl/α,β-unsaturated/α-hetero) is 1. The first-order valence-corrected chi connectivity index (χ1v) is 14.1. The molecule has 7 nitrogen and oxygen atoms in total. The molecule has 3 heterocycles. The predicted octanol–water partition coefficient (Wildman–Crippen LogP) is 6.84. The normalized spacial score (nSPS) is 11.1. The first-order valence-electron chi connectivity index (χ1n) is 13.2. The number of rotatable bonds is 12. The maximum Gasteiger partial charge on any atom is 0.335 e. The van der Waals surface area contributed by atoms with Gasteiger partial charge >= 0.3 is 5.97 Å². The van der Waals surface area contributed by atoms with Crippen molar-refractivity contribution in [2.75, 3.05) is 6.54 Å². The van der Waals surface area contributed by atoms with E-state index in [0.717, 1.165) is 45.9 Å². The lowest BCUT2D eigenvalue weighted by molar-refractivity contribution is -0.117. The van der Waals surface area contributed by atoms with E-state index in [1.807, 2.05) is 18.3 Å². The first kappa shape index (κ1) is 28.1. The number of ketones is 1. The summed E-state index contributed by atoms with van der Waals surface area (Å²) in [5.74, 6) is -1.27. The number of hydrogen-bond donors (Lipinski definition) is 2. The van der Waals surface area contributed by atoms with Gasteiger partial charge in [-0.3, -0.25) is 14.8 Å². The molecular formula is C32H28FN3O4S. The van der Waals surface area contributed by atoms with Crippen molar-refractivity contribution in [1.82, 2.24) is 15.3 Å². The van der Waals surface area contributed by atoms with Crippen LogP contribution in [0.25, 0.3) is 20.8 Å². The van der Waals surface area contributed by atoms with Crippen molar-refractivity contribution in [3.63, 3.8) is 0 Å². The Morgan fingerprint density at radius 2 is 1.76 bits per heavy atom. The Morgan fingerprint density at radius 1 is 0.951 bits per heavy atom. The second-order valence-corrected chi connectivity index (χ2v) is 10.7. The Bertz CT molecular complexity index is 1700. The molecule has 0 unspecified atom stereocenters. The predicted molar refractivity (Wildman–Crippen MR) is 157 cm³/mol. The van der Waals surface area contributed by atoms with Crippen LogP contribution in [0.2, 0.25) is 0 Å². The van der Waals surface area contributed by atoms with Crippen molar-refractivity contribution < 1.29 is 23.8 Å². The van der Waals surface area contributed by atoms with Crippen LogP contribution in [-0.4, -0.2) is 33.4 Å². The molecule has 0 spiro atoms. The number of thiophene rings is 1. The van der Waals surface area contributed by atoms with Gasteiger partial charge < -0.3 is 15.2 Å². The molecule has 0 amide bonds. The summed E-state index contributed by atoms with van der Waals surface area (Å²) in [5, 5.41) is 12.5. The summed E-state index contributed by atoms with van der Waals surface area (Å²) in [4.78, 5) is 33.7. The first-order chi connectivity index (χ1) is 19.9. The highest BCUT2D eigenvalue weighted by molar-refractivity contribution is 7.22. The zero-order chi connectivity index (χ0) is 28.8. The highest BCUT2D eigenvalue weighted by Crippen LogP contribution is 2.39. The highest BCUT2D eigenvalue weighted by Gasteiger charge is 2.15. The number of aromatic carboxylic acids is 1. The Kier molecular flexibility index (Phi) is 8.76. The standard InChI is InChI=1S/C32H28FN3O4S/c1-2-11-34-18-22-6-8-26(36-19-22)30-17-27-31(41-30)29(10-12-35-27)40-28-9-7-21(16-25(28)33)15-24(37)14-20-4-3-5-23(13-20)32(38)39/h3-10,12-13,16-17,19,34H,2,11,14-15,18H2,1H3,(H,38,39). The van der Waals surface area contributed by atoms with Crippen molar-refractivity contribution in [1.29, 1.82) is 0 Å². The van der Waals surface area contributed by atoms with Crippen molar-refractivity contribution in [3.05, 3.63) is 107 Å². The molecule has 0 fully saturated rings. The van der Waals surface area contributed by atoms with Crippen LogP contribution in [0.15, 0.2) is 79.1 Å². The van der Waals surface area contributed by atoms with Gasteiger partial charge in [-0.25, -0.2) is 9.18 Å². The van der Waals surface area contributed by atoms with Crippen LogP contribution in [0, 0.1) is 5.82 Å². The van der Waals surface area contributed by atoms with Crippen LogP contribution in [0.3, 0.4) is 0 Å². The maximum absolute atomic E-state index is 15.0. The fourth-order valence-corrected chi connectivity index (χ4v) is 5.44. The lowest BCUT2D eigenvalue weighted by atomic mass is 10.0. The lowest BCUT2D eigenvalue weighted by Crippen LogP contribution is -2.13. The zero-order valence-electron chi connectivity index (χ0n) is 22.4. The van der Waals surface area contributed by atoms with E-state index < -0.39 is 11.8 Å². The Balaban J connectivity index is 1.27. The Labute approximate surface area is 240 Å². The molecule has 0 aliphatic carbocycles. The van der Waals surface area contributed by atoms with Gasteiger partial charge in [0.1, 0.15) is 11.5 Å². The minimum absolute atomic E-state index is 0.0166. The number of carbonyl (C=O) groups is 2. The van der Waals surface area contributed by atoms with E-state index >= 15 is 4.39 Å². The molecule has 5 aromatic rings. The molecule has 9 heteroatoms. The number of carboxylic acids is 1. The van der Waals surface area contributed by atoms with E-state index in [9.17, 15) is 9.59 Å². The molecule has 0 bridgehead atoms. The maximum atomic E-state index is 15.0. The second-order valence-electron chi connectivity index (χ2n) is 9.63. The number of ether oxygens (including phenoxy) is 1. The largest absolute Gasteiger partial charge is 0.478 e. The van der Waals surface area contributed by atoms with Gasteiger partial charge in [0, 0.05) is 37.8 Å². The molecule has 41 heavy (non-hydrogen) atoms. The van der Waals surface area contributed by atoms with E-state index in [1.54, 1.807) is 30.5 Å². The third-order valence-corrected chi connectivity index (χ3v) is 7.56. The fourth-order valence-electron chi connectivity index (χ4n) is 4.39. The summed E-state index contributed by atoms with van der Waals surface area (Å²) in [6.45, 7) is 3.86. The molecule has 2 aromatic carbocycles. The van der Waals surface area contributed by atoms with Gasteiger partial charge in [0.2, 0.25) is 0 Å². The number of halogens is 1. The minimum atomic E-state index is -1.05. The molecular weight excluding hydrogens is 541 g/mol. The van der Waals surface area contributed by atoms with Gasteiger partial charge in [0.15, 0.2) is 11.6 Å². The zero-order valence-corrected chi connectivity index (χ0v) is 23.2. The Hall–Kier alpha value is -4.47. The van der Waals surface area contributed by atoms with Crippen molar-refractivity contribution in [3.8, 4) is 22.1 Å². The van der Waals surface area contributed by atoms with Gasteiger partial charge in [-0.05, 0) is 66.1 Å². The van der Waals surface area contributed by atoms with Crippen LogP contribution in [-0.2, 0) is 24.2 Å². The van der Waals surface area contributed by atoms with Gasteiger partial charge in [-0.1, -0.05) is 31.2 Å². The number of pyridine rings is 2. The molecule has 0 aliphatic rings. The number of nitrogens with one attached hydrogen (secondary N) is 1. The highest BCUT2D eigenvalue weighted by atomic mass is 32.1. The van der Waals surface area contributed by atoms with Crippen molar-refractivity contribution in [2.24, 2.45) is 0 Å². The van der Waals surface area contributed by atoms with Crippen molar-refractivity contribution in [2.45, 2.75) is 32.7 Å². The van der Waals surface area contributed by atoms with E-state index in [1.165, 1.54) is 35.6 Å². The molecule has 208 valence electrons. The number of hydrogen-bond acceptors (Lipinski definition) is 7. The molecule has 0 aliphatic heterocycles. The molecule has 0 atom stereocenters. The van der Waals surface area contributed by atoms with Gasteiger partial charge in [0.25, 0.3) is 0 Å². The lowest BCUT2D eigenvalue weighted by Gasteiger charge is -2.09. The molecule has 2 N–H and O–H groups in total. The average Bonchev–Trinajstić information content (AvgIpc) is 3.40. The molecule has 0 saturated carbocycles. The van der Waals surface area contributed by atoms with Crippen molar-refractivity contribution >= 4 is 33.3 Å². The summed E-state index contributed by atoms with van der Waals surface area (Å²) >= 11 is 1.48. The van der Waals surface area contributed by atoms with Gasteiger partial charge in [0.05, 0.1) is 26.4 Å². The summed E-state index contributed by atoms with van der Waals surface area (Å²) < 4.78 is 21.8. The van der Waals surface area contributed by atoms with E-state index in [4.69, 9.17) is 9.84 Å². The SMILES string of the molecule is CCCNCc1ccc(-c2cc3nccc(Oc4ccc(CC(=O)Cc5cccc(C(=O)O)c5)cc4F)c3s2)nc1. The van der Waals surface area contributed by atoms with Crippen LogP contribution in [0.1, 0.15) is 40.4 Å². The number of benzene rings is 2. The number of nitrogens with zero attached hydrogens (tertiary/aromatic N) is 2. The van der Waals surface area contributed by atoms with Crippen LogP contribution < -0.4 is 10.1 Å². The molecule has 3 aromatic heterocycles. The monoisotopic (exact) mass is 569 g/mol. The summed E-state index contributed by atoms with van der Waals surface area (Å²) in [6, 6.07) is 18.4. The molecule has 5 rings (SSSR count). The van der Waals surface area contributed by atoms with Crippen LogP contribution in [0.4, 0.5) is 4.39 Å². The smallest absolute Gasteiger partial charge is 0.335 e. The average molecular weight is 570 g/mol. The second kappa shape index (κ2) is 12.8. The van der Waals surface area contributed by atoms with E-state index in [2.05, 4.69) is 28.3 Å². The quantitative estimate of drug-likeness (QED) is 0.159. The topological polar surface area (TPSA) is 101 Å². The fraction of sp³-hybridized carbons (Fsp3) is 0.188. The third kappa shape index (κ3) is 7.00. The number of carbonyl (C=O) groups excluding carboxylic acids is 1. The summed E-state index contributed by atoms with van der Waals surface area (Å²) in [6.07, 6.45) is 4.63. The number of aromatic nitrogens is 2. The van der Waals surface area contributed by atoms with Gasteiger partial charge in [-0.2, -0.15) is 0 Å². The summed E-state index contributed by atoms with van der Waals surface area (Å²) in [5.41, 5.74) is 3.89. The summed E-state index contributed by atoms with van der Waals surface area (Å²) in [7, 11) is 0. The van der Waals surface area contributed by atoms with E-state index in [0.29, 0.717) is 16.9 Å².